The summed E-state index contributed by atoms with van der Waals surface area (Å²) in [6.45, 7) is 2.09. The summed E-state index contributed by atoms with van der Waals surface area (Å²) in [5.74, 6) is 0. The molecule has 2 aliphatic rings. The lowest BCUT2D eigenvalue weighted by Crippen LogP contribution is -2.29. The Morgan fingerprint density at radius 1 is 1.21 bits per heavy atom. The molecule has 1 aromatic carbocycles. The SMILES string of the molecule is N=Cc1cc(Cl)c(N2CCCCC2)cc1Nc1cnn(C2CC2)c1. The van der Waals surface area contributed by atoms with E-state index in [2.05, 4.69) is 21.4 Å². The van der Waals surface area contributed by atoms with Gasteiger partial charge in [-0.2, -0.15) is 5.10 Å². The molecule has 0 radical (unpaired) electrons. The summed E-state index contributed by atoms with van der Waals surface area (Å²) in [5.41, 5.74) is 3.71. The van der Waals surface area contributed by atoms with Crippen LogP contribution in [0.15, 0.2) is 24.5 Å². The van der Waals surface area contributed by atoms with Crippen LogP contribution in [-0.2, 0) is 0 Å². The molecule has 126 valence electrons. The first-order chi connectivity index (χ1) is 11.7. The first-order valence-corrected chi connectivity index (χ1v) is 9.02. The summed E-state index contributed by atoms with van der Waals surface area (Å²) in [6, 6.07) is 4.52. The van der Waals surface area contributed by atoms with Crippen molar-refractivity contribution in [2.45, 2.75) is 38.1 Å². The highest BCUT2D eigenvalue weighted by atomic mass is 35.5. The van der Waals surface area contributed by atoms with Crippen LogP contribution in [0.4, 0.5) is 17.1 Å². The van der Waals surface area contributed by atoms with Crippen molar-refractivity contribution in [2.24, 2.45) is 0 Å². The monoisotopic (exact) mass is 343 g/mol. The van der Waals surface area contributed by atoms with Gasteiger partial charge in [-0.25, -0.2) is 0 Å². The molecular weight excluding hydrogens is 322 g/mol. The largest absolute Gasteiger partial charge is 0.370 e. The lowest BCUT2D eigenvalue weighted by molar-refractivity contribution is 0.578. The van der Waals surface area contributed by atoms with E-state index in [0.29, 0.717) is 6.04 Å². The maximum Gasteiger partial charge on any atom is 0.0770 e. The molecular formula is C18H22ClN5. The lowest BCUT2D eigenvalue weighted by atomic mass is 10.1. The fourth-order valence-electron chi connectivity index (χ4n) is 3.28. The van der Waals surface area contributed by atoms with Crippen LogP contribution in [0.1, 0.15) is 43.7 Å². The Morgan fingerprint density at radius 2 is 2.00 bits per heavy atom. The second kappa shape index (κ2) is 6.48. The molecule has 5 nitrogen and oxygen atoms in total. The van der Waals surface area contributed by atoms with Crippen LogP contribution in [0.2, 0.25) is 5.02 Å². The van der Waals surface area contributed by atoms with Crippen molar-refractivity contribution in [2.75, 3.05) is 23.3 Å². The molecule has 24 heavy (non-hydrogen) atoms. The van der Waals surface area contributed by atoms with Crippen molar-refractivity contribution >= 4 is 34.9 Å². The number of benzene rings is 1. The quantitative estimate of drug-likeness (QED) is 0.780. The maximum absolute atomic E-state index is 7.69. The van der Waals surface area contributed by atoms with E-state index in [-0.39, 0.29) is 0 Å². The highest BCUT2D eigenvalue weighted by Crippen LogP contribution is 2.36. The Morgan fingerprint density at radius 3 is 2.71 bits per heavy atom. The normalized spacial score (nSPS) is 17.8. The van der Waals surface area contributed by atoms with Crippen molar-refractivity contribution in [3.05, 3.63) is 35.1 Å². The Hall–Kier alpha value is -2.01. The fourth-order valence-corrected chi connectivity index (χ4v) is 3.57. The number of hydrogen-bond acceptors (Lipinski definition) is 4. The Balaban J connectivity index is 1.62. The molecule has 1 saturated carbocycles. The summed E-state index contributed by atoms with van der Waals surface area (Å²) in [4.78, 5) is 2.35. The average molecular weight is 344 g/mol. The van der Waals surface area contributed by atoms with Crippen molar-refractivity contribution in [1.82, 2.24) is 9.78 Å². The van der Waals surface area contributed by atoms with Gasteiger partial charge >= 0.3 is 0 Å². The Labute approximate surface area is 147 Å². The molecule has 1 aromatic heterocycles. The molecule has 2 N–H and O–H groups in total. The van der Waals surface area contributed by atoms with E-state index in [4.69, 9.17) is 17.0 Å². The summed E-state index contributed by atoms with van der Waals surface area (Å²) < 4.78 is 2.02. The van der Waals surface area contributed by atoms with Crippen LogP contribution in [0, 0.1) is 5.41 Å². The van der Waals surface area contributed by atoms with E-state index in [0.717, 1.165) is 40.7 Å². The standard InChI is InChI=1S/C18H22ClN5/c19-16-8-13(10-20)17(9-18(16)23-6-2-1-3-7-23)22-14-11-21-24(12-14)15-4-5-15/h8-12,15,20,22H,1-7H2. The van der Waals surface area contributed by atoms with E-state index in [1.807, 2.05) is 23.1 Å². The van der Waals surface area contributed by atoms with Crippen LogP contribution in [0.25, 0.3) is 0 Å². The predicted molar refractivity (Wildman–Crippen MR) is 99.2 cm³/mol. The predicted octanol–water partition coefficient (Wildman–Crippen LogP) is 4.60. The number of nitrogens with one attached hydrogen (secondary N) is 2. The van der Waals surface area contributed by atoms with Crippen molar-refractivity contribution in [1.29, 1.82) is 5.41 Å². The number of hydrogen-bond donors (Lipinski definition) is 2. The van der Waals surface area contributed by atoms with Gasteiger partial charge in [0.2, 0.25) is 0 Å². The zero-order valence-corrected chi connectivity index (χ0v) is 14.4. The highest BCUT2D eigenvalue weighted by Gasteiger charge is 2.24. The summed E-state index contributed by atoms with van der Waals surface area (Å²) in [7, 11) is 0. The highest BCUT2D eigenvalue weighted by molar-refractivity contribution is 6.33. The minimum absolute atomic E-state index is 0.567. The van der Waals surface area contributed by atoms with Gasteiger partial charge in [0.05, 0.1) is 28.6 Å². The zero-order valence-electron chi connectivity index (χ0n) is 13.6. The molecule has 1 saturated heterocycles. The van der Waals surface area contributed by atoms with Crippen molar-refractivity contribution < 1.29 is 0 Å². The molecule has 4 rings (SSSR count). The van der Waals surface area contributed by atoms with E-state index in [1.165, 1.54) is 38.3 Å². The zero-order chi connectivity index (χ0) is 16.5. The number of halogens is 1. The third kappa shape index (κ3) is 3.13. The molecule has 0 spiro atoms. The van der Waals surface area contributed by atoms with E-state index < -0.39 is 0 Å². The van der Waals surface area contributed by atoms with Crippen molar-refractivity contribution in [3.63, 3.8) is 0 Å². The van der Waals surface area contributed by atoms with Gasteiger partial charge in [0.15, 0.2) is 0 Å². The van der Waals surface area contributed by atoms with Gasteiger partial charge in [0.1, 0.15) is 0 Å². The van der Waals surface area contributed by atoms with Crippen LogP contribution in [0.5, 0.6) is 0 Å². The van der Waals surface area contributed by atoms with Gasteiger partial charge < -0.3 is 15.6 Å². The van der Waals surface area contributed by atoms with Crippen LogP contribution in [-0.4, -0.2) is 29.1 Å². The van der Waals surface area contributed by atoms with E-state index in [1.54, 1.807) is 0 Å². The van der Waals surface area contributed by atoms with Crippen LogP contribution in [0.3, 0.4) is 0 Å². The topological polar surface area (TPSA) is 56.9 Å². The van der Waals surface area contributed by atoms with Gasteiger partial charge in [-0.05, 0) is 44.2 Å². The van der Waals surface area contributed by atoms with Crippen molar-refractivity contribution in [3.8, 4) is 0 Å². The first-order valence-electron chi connectivity index (χ1n) is 8.65. The molecule has 0 unspecified atom stereocenters. The van der Waals surface area contributed by atoms with Crippen LogP contribution >= 0.6 is 11.6 Å². The smallest absolute Gasteiger partial charge is 0.0770 e. The maximum atomic E-state index is 7.69. The summed E-state index contributed by atoms with van der Waals surface area (Å²) in [6.07, 6.45) is 11.4. The Bertz CT molecular complexity index is 744. The van der Waals surface area contributed by atoms with Gasteiger partial charge in [0, 0.05) is 36.8 Å². The molecule has 0 amide bonds. The second-order valence-corrected chi connectivity index (χ2v) is 7.06. The lowest BCUT2D eigenvalue weighted by Gasteiger charge is -2.30. The van der Waals surface area contributed by atoms with E-state index >= 15 is 0 Å². The van der Waals surface area contributed by atoms with Gasteiger partial charge in [0.25, 0.3) is 0 Å². The van der Waals surface area contributed by atoms with E-state index in [9.17, 15) is 0 Å². The van der Waals surface area contributed by atoms with Crippen LogP contribution < -0.4 is 10.2 Å². The molecule has 0 atom stereocenters. The number of nitrogens with zero attached hydrogens (tertiary/aromatic N) is 3. The molecule has 2 fully saturated rings. The fraction of sp³-hybridized carbons (Fsp3) is 0.444. The number of piperidine rings is 1. The molecule has 6 heteroatoms. The second-order valence-electron chi connectivity index (χ2n) is 6.65. The number of anilines is 3. The first kappa shape index (κ1) is 15.5. The van der Waals surface area contributed by atoms with Gasteiger partial charge in [-0.15, -0.1) is 0 Å². The minimum Gasteiger partial charge on any atom is -0.370 e. The molecule has 2 aromatic rings. The van der Waals surface area contributed by atoms with Gasteiger partial charge in [-0.1, -0.05) is 11.6 Å². The third-order valence-corrected chi connectivity index (χ3v) is 5.08. The number of aromatic nitrogens is 2. The number of rotatable bonds is 5. The molecule has 2 heterocycles. The summed E-state index contributed by atoms with van der Waals surface area (Å²) in [5, 5.41) is 16.2. The van der Waals surface area contributed by atoms with Gasteiger partial charge in [-0.3, -0.25) is 4.68 Å². The minimum atomic E-state index is 0.567. The molecule has 0 bridgehead atoms. The summed E-state index contributed by atoms with van der Waals surface area (Å²) >= 11 is 6.48. The Kier molecular flexibility index (Phi) is 4.19. The molecule has 1 aliphatic heterocycles. The third-order valence-electron chi connectivity index (χ3n) is 4.77. The molecule has 1 aliphatic carbocycles. The average Bonchev–Trinajstić information content (AvgIpc) is 3.36.